The Hall–Kier alpha value is -2.16. The molecule has 0 aliphatic carbocycles. The van der Waals surface area contributed by atoms with Crippen molar-refractivity contribution >= 4 is 11.5 Å². The standard InChI is InChI=1S/C10H10FN5/c1-6-3-9(15-7(2)11)16-10(14-6)8(4-12)5-13-16/h3,5,7,15H,1-2H3. The summed E-state index contributed by atoms with van der Waals surface area (Å²) in [4.78, 5) is 4.19. The second kappa shape index (κ2) is 3.77. The van der Waals surface area contributed by atoms with Gasteiger partial charge in [-0.15, -0.1) is 0 Å². The van der Waals surface area contributed by atoms with Crippen molar-refractivity contribution in [3.63, 3.8) is 0 Å². The van der Waals surface area contributed by atoms with Crippen LogP contribution in [0.15, 0.2) is 12.3 Å². The van der Waals surface area contributed by atoms with Crippen molar-refractivity contribution in [3.8, 4) is 6.07 Å². The van der Waals surface area contributed by atoms with Crippen LogP contribution in [0.2, 0.25) is 0 Å². The number of aromatic nitrogens is 3. The smallest absolute Gasteiger partial charge is 0.175 e. The first-order valence-electron chi connectivity index (χ1n) is 4.78. The molecule has 0 aromatic carbocycles. The van der Waals surface area contributed by atoms with Crippen LogP contribution < -0.4 is 5.32 Å². The van der Waals surface area contributed by atoms with Crippen LogP contribution in [0.5, 0.6) is 0 Å². The Morgan fingerprint density at radius 3 is 3.00 bits per heavy atom. The van der Waals surface area contributed by atoms with Crippen LogP contribution in [0, 0.1) is 18.3 Å². The van der Waals surface area contributed by atoms with E-state index in [0.29, 0.717) is 22.7 Å². The van der Waals surface area contributed by atoms with E-state index >= 15 is 0 Å². The fraction of sp³-hybridized carbons (Fsp3) is 0.300. The number of fused-ring (bicyclic) bond motifs is 1. The number of nitrogens with zero attached hydrogens (tertiary/aromatic N) is 4. The van der Waals surface area contributed by atoms with Gasteiger partial charge in [0.15, 0.2) is 11.9 Å². The van der Waals surface area contributed by atoms with E-state index in [4.69, 9.17) is 5.26 Å². The van der Waals surface area contributed by atoms with Gasteiger partial charge >= 0.3 is 0 Å². The zero-order chi connectivity index (χ0) is 11.7. The molecule has 1 atom stereocenters. The summed E-state index contributed by atoms with van der Waals surface area (Å²) < 4.78 is 14.3. The summed E-state index contributed by atoms with van der Waals surface area (Å²) in [6.45, 7) is 3.17. The normalized spacial score (nSPS) is 12.4. The highest BCUT2D eigenvalue weighted by atomic mass is 19.1. The van der Waals surface area contributed by atoms with Gasteiger partial charge in [0.1, 0.15) is 17.5 Å². The zero-order valence-electron chi connectivity index (χ0n) is 8.90. The number of anilines is 1. The van der Waals surface area contributed by atoms with E-state index in [0.717, 1.165) is 0 Å². The summed E-state index contributed by atoms with van der Waals surface area (Å²) in [6, 6.07) is 3.67. The van der Waals surface area contributed by atoms with Gasteiger partial charge in [0, 0.05) is 11.8 Å². The van der Waals surface area contributed by atoms with E-state index in [1.54, 1.807) is 13.0 Å². The van der Waals surface area contributed by atoms with Crippen LogP contribution in [0.4, 0.5) is 10.2 Å². The molecule has 5 nitrogen and oxygen atoms in total. The second-order valence-corrected chi connectivity index (χ2v) is 3.45. The van der Waals surface area contributed by atoms with Gasteiger partial charge in [0.2, 0.25) is 0 Å². The van der Waals surface area contributed by atoms with Crippen LogP contribution in [-0.2, 0) is 0 Å². The Labute approximate surface area is 91.5 Å². The molecule has 1 N–H and O–H groups in total. The molecule has 6 heteroatoms. The Morgan fingerprint density at radius 1 is 1.62 bits per heavy atom. The van der Waals surface area contributed by atoms with Gasteiger partial charge in [0.05, 0.1) is 6.20 Å². The van der Waals surface area contributed by atoms with Gasteiger partial charge in [-0.2, -0.15) is 14.9 Å². The highest BCUT2D eigenvalue weighted by molar-refractivity contribution is 5.58. The van der Waals surface area contributed by atoms with E-state index < -0.39 is 6.30 Å². The molecule has 0 radical (unpaired) electrons. The van der Waals surface area contributed by atoms with Crippen molar-refractivity contribution in [3.05, 3.63) is 23.5 Å². The lowest BCUT2D eigenvalue weighted by molar-refractivity contribution is 0.400. The molecule has 1 unspecified atom stereocenters. The molecule has 0 spiro atoms. The van der Waals surface area contributed by atoms with Crippen LogP contribution in [0.3, 0.4) is 0 Å². The van der Waals surface area contributed by atoms with E-state index in [2.05, 4.69) is 15.4 Å². The fourth-order valence-corrected chi connectivity index (χ4v) is 1.47. The average Bonchev–Trinajstić information content (AvgIpc) is 2.59. The number of hydrogen-bond donors (Lipinski definition) is 1. The minimum absolute atomic E-state index is 0.373. The second-order valence-electron chi connectivity index (χ2n) is 3.45. The summed E-state index contributed by atoms with van der Waals surface area (Å²) in [5.74, 6) is 0.485. The molecule has 0 fully saturated rings. The number of rotatable bonds is 2. The van der Waals surface area contributed by atoms with Crippen LogP contribution >= 0.6 is 0 Å². The van der Waals surface area contributed by atoms with Gasteiger partial charge in [0.25, 0.3) is 0 Å². The van der Waals surface area contributed by atoms with Gasteiger partial charge in [-0.1, -0.05) is 0 Å². The number of halogens is 1. The molecule has 2 aromatic rings. The minimum Gasteiger partial charge on any atom is -0.341 e. The molecule has 0 saturated heterocycles. The summed E-state index contributed by atoms with van der Waals surface area (Å²) in [5.41, 5.74) is 1.51. The van der Waals surface area contributed by atoms with Crippen molar-refractivity contribution in [2.24, 2.45) is 0 Å². The molecule has 0 bridgehead atoms. The number of aryl methyl sites for hydroxylation is 1. The summed E-state index contributed by atoms with van der Waals surface area (Å²) >= 11 is 0. The van der Waals surface area contributed by atoms with Crippen molar-refractivity contribution in [1.29, 1.82) is 5.26 Å². The molecule has 0 saturated carbocycles. The van der Waals surface area contributed by atoms with Crippen LogP contribution in [0.1, 0.15) is 18.2 Å². The van der Waals surface area contributed by atoms with E-state index in [1.807, 2.05) is 6.07 Å². The highest BCUT2D eigenvalue weighted by Crippen LogP contribution is 2.16. The monoisotopic (exact) mass is 219 g/mol. The quantitative estimate of drug-likeness (QED) is 0.780. The average molecular weight is 219 g/mol. The number of nitriles is 1. The van der Waals surface area contributed by atoms with Crippen molar-refractivity contribution in [1.82, 2.24) is 14.6 Å². The third-order valence-corrected chi connectivity index (χ3v) is 2.07. The first-order valence-corrected chi connectivity index (χ1v) is 4.78. The molecular formula is C10H10FN5. The van der Waals surface area contributed by atoms with E-state index in [9.17, 15) is 4.39 Å². The lowest BCUT2D eigenvalue weighted by Crippen LogP contribution is -2.12. The van der Waals surface area contributed by atoms with Gasteiger partial charge in [-0.05, 0) is 13.8 Å². The summed E-state index contributed by atoms with van der Waals surface area (Å²) in [7, 11) is 0. The first-order chi connectivity index (χ1) is 7.61. The first kappa shape index (κ1) is 10.4. The molecule has 0 aliphatic heterocycles. The van der Waals surface area contributed by atoms with Crippen LogP contribution in [-0.4, -0.2) is 20.9 Å². The van der Waals surface area contributed by atoms with Gasteiger partial charge in [-0.25, -0.2) is 9.37 Å². The third kappa shape index (κ3) is 1.67. The SMILES string of the molecule is Cc1cc(NC(C)F)n2ncc(C#N)c2n1. The predicted molar refractivity (Wildman–Crippen MR) is 56.6 cm³/mol. The lowest BCUT2D eigenvalue weighted by atomic mass is 10.3. The summed E-state index contributed by atoms with van der Waals surface area (Å²) in [5, 5.41) is 15.4. The maximum Gasteiger partial charge on any atom is 0.175 e. The molecule has 2 aromatic heterocycles. The van der Waals surface area contributed by atoms with E-state index in [-0.39, 0.29) is 0 Å². The topological polar surface area (TPSA) is 66.0 Å². The third-order valence-electron chi connectivity index (χ3n) is 2.07. The molecule has 0 aliphatic rings. The largest absolute Gasteiger partial charge is 0.341 e. The number of hydrogen-bond acceptors (Lipinski definition) is 4. The fourth-order valence-electron chi connectivity index (χ4n) is 1.47. The highest BCUT2D eigenvalue weighted by Gasteiger charge is 2.10. The Bertz CT molecular complexity index is 566. The predicted octanol–water partition coefficient (Wildman–Crippen LogP) is 1.64. The summed E-state index contributed by atoms with van der Waals surface area (Å²) in [6.07, 6.45) is 0.218. The van der Waals surface area contributed by atoms with E-state index in [1.165, 1.54) is 17.6 Å². The van der Waals surface area contributed by atoms with Crippen molar-refractivity contribution in [2.45, 2.75) is 20.1 Å². The number of nitrogens with one attached hydrogen (secondary N) is 1. The molecule has 16 heavy (non-hydrogen) atoms. The molecular weight excluding hydrogens is 209 g/mol. The molecule has 2 heterocycles. The Kier molecular flexibility index (Phi) is 2.44. The molecule has 0 amide bonds. The van der Waals surface area contributed by atoms with Crippen LogP contribution in [0.25, 0.3) is 5.65 Å². The number of alkyl halides is 1. The van der Waals surface area contributed by atoms with Gasteiger partial charge in [-0.3, -0.25) is 0 Å². The Morgan fingerprint density at radius 2 is 2.38 bits per heavy atom. The Balaban J connectivity index is 2.65. The maximum absolute atomic E-state index is 12.9. The minimum atomic E-state index is -1.19. The maximum atomic E-state index is 12.9. The molecule has 82 valence electrons. The van der Waals surface area contributed by atoms with Gasteiger partial charge < -0.3 is 5.32 Å². The zero-order valence-corrected chi connectivity index (χ0v) is 8.90. The lowest BCUT2D eigenvalue weighted by Gasteiger charge is -2.09. The van der Waals surface area contributed by atoms with Crippen molar-refractivity contribution in [2.75, 3.05) is 5.32 Å². The molecule has 2 rings (SSSR count). The van der Waals surface area contributed by atoms with Crippen molar-refractivity contribution < 1.29 is 4.39 Å².